The van der Waals surface area contributed by atoms with Gasteiger partial charge in [-0.3, -0.25) is 4.79 Å². The van der Waals surface area contributed by atoms with Crippen LogP contribution in [0.1, 0.15) is 56.6 Å². The van der Waals surface area contributed by atoms with Gasteiger partial charge in [0.1, 0.15) is 11.6 Å². The van der Waals surface area contributed by atoms with Crippen LogP contribution >= 0.6 is 0 Å². The number of aromatic nitrogens is 1. The van der Waals surface area contributed by atoms with Gasteiger partial charge in [0.2, 0.25) is 0 Å². The quantitative estimate of drug-likeness (QED) is 0.394. The highest BCUT2D eigenvalue weighted by molar-refractivity contribution is 5.75. The van der Waals surface area contributed by atoms with Crippen molar-refractivity contribution in [1.29, 1.82) is 0 Å². The number of carbonyl (C=O) groups is 1. The molecule has 0 unspecified atom stereocenters. The maximum Gasteiger partial charge on any atom is 0.320 e. The van der Waals surface area contributed by atoms with E-state index in [4.69, 9.17) is 0 Å². The number of likely N-dealkylation sites (tertiary alicyclic amines) is 2. The molecular formula is C34H40F2N4O2. The Bertz CT molecular complexity index is 1450. The molecule has 3 aliphatic rings. The van der Waals surface area contributed by atoms with E-state index in [1.165, 1.54) is 12.1 Å². The summed E-state index contributed by atoms with van der Waals surface area (Å²) in [4.78, 5) is 31.1. The summed E-state index contributed by atoms with van der Waals surface area (Å²) in [6, 6.07) is 17.0. The predicted octanol–water partition coefficient (Wildman–Crippen LogP) is 6.22. The van der Waals surface area contributed by atoms with E-state index < -0.39 is 17.7 Å². The molecule has 3 fully saturated rings. The fourth-order valence-electron chi connectivity index (χ4n) is 7.73. The summed E-state index contributed by atoms with van der Waals surface area (Å²) in [5.41, 5.74) is 2.42. The van der Waals surface area contributed by atoms with Gasteiger partial charge in [0, 0.05) is 50.6 Å². The normalized spacial score (nSPS) is 23.8. The van der Waals surface area contributed by atoms with Crippen molar-refractivity contribution < 1.29 is 13.6 Å². The van der Waals surface area contributed by atoms with Gasteiger partial charge >= 0.3 is 6.03 Å². The molecule has 0 bridgehead atoms. The third-order valence-electron chi connectivity index (χ3n) is 10.0. The standard InChI is InChI=1S/C34H40F2N4O2/c1-37-30-11-16-40(31(21-30)26-17-28(35)20-29(36)18-26)33(42)39-15-10-27(34(23-39)12-5-6-13-34)22-38-14-9-25(19-32(38)41)24-7-3-2-4-8-24/h2-4,7-9,14,17-20,27,30-31,37H,5-6,10-13,15-16,21-23H2,1H3/t27-,30+,31-/m0/s1. The number of nitrogens with zero attached hydrogens (tertiary/aromatic N) is 3. The van der Waals surface area contributed by atoms with Crippen molar-refractivity contribution in [3.8, 4) is 11.1 Å². The Labute approximate surface area is 246 Å². The molecule has 42 heavy (non-hydrogen) atoms. The third kappa shape index (κ3) is 5.74. The van der Waals surface area contributed by atoms with Crippen LogP contribution in [0.2, 0.25) is 0 Å². The molecule has 2 saturated heterocycles. The van der Waals surface area contributed by atoms with Crippen molar-refractivity contribution in [3.63, 3.8) is 0 Å². The Kier molecular flexibility index (Phi) is 8.17. The Morgan fingerprint density at radius 3 is 2.38 bits per heavy atom. The molecular weight excluding hydrogens is 534 g/mol. The van der Waals surface area contributed by atoms with Crippen LogP contribution in [0.15, 0.2) is 71.7 Å². The van der Waals surface area contributed by atoms with Gasteiger partial charge in [-0.1, -0.05) is 43.2 Å². The van der Waals surface area contributed by atoms with E-state index in [0.717, 1.165) is 55.7 Å². The van der Waals surface area contributed by atoms with Crippen molar-refractivity contribution in [2.24, 2.45) is 11.3 Å². The molecule has 0 radical (unpaired) electrons. The Balaban J connectivity index is 1.21. The second kappa shape index (κ2) is 12.0. The van der Waals surface area contributed by atoms with E-state index in [-0.39, 0.29) is 23.0 Å². The maximum absolute atomic E-state index is 14.2. The average Bonchev–Trinajstić information content (AvgIpc) is 3.47. The van der Waals surface area contributed by atoms with Crippen LogP contribution in [-0.2, 0) is 6.54 Å². The van der Waals surface area contributed by atoms with Crippen molar-refractivity contribution in [2.75, 3.05) is 26.7 Å². The van der Waals surface area contributed by atoms with Gasteiger partial charge in [0.25, 0.3) is 5.56 Å². The molecule has 1 aliphatic carbocycles. The van der Waals surface area contributed by atoms with Gasteiger partial charge in [0.15, 0.2) is 0 Å². The van der Waals surface area contributed by atoms with Crippen molar-refractivity contribution in [3.05, 3.63) is 94.4 Å². The molecule has 2 aliphatic heterocycles. The summed E-state index contributed by atoms with van der Waals surface area (Å²) in [6.07, 6.45) is 8.47. The first kappa shape index (κ1) is 28.6. The summed E-state index contributed by atoms with van der Waals surface area (Å²) >= 11 is 0. The van der Waals surface area contributed by atoms with E-state index in [9.17, 15) is 18.4 Å². The SMILES string of the molecule is CN[C@@H]1CCN(C(=O)N2CC[C@@H](Cn3ccc(-c4ccccc4)cc3=O)C3(CCCC3)C2)[C@H](c2cc(F)cc(F)c2)C1. The summed E-state index contributed by atoms with van der Waals surface area (Å²) in [5, 5.41) is 3.29. The van der Waals surface area contributed by atoms with E-state index in [2.05, 4.69) is 5.32 Å². The van der Waals surface area contributed by atoms with E-state index in [0.29, 0.717) is 44.1 Å². The van der Waals surface area contributed by atoms with Crippen molar-refractivity contribution >= 4 is 6.03 Å². The molecule has 3 heterocycles. The highest BCUT2D eigenvalue weighted by atomic mass is 19.1. The number of hydrogen-bond donors (Lipinski definition) is 1. The average molecular weight is 575 g/mol. The number of rotatable bonds is 5. The minimum absolute atomic E-state index is 0.000535. The molecule has 1 spiro atoms. The van der Waals surface area contributed by atoms with Gasteiger partial charge in [-0.25, -0.2) is 13.6 Å². The van der Waals surface area contributed by atoms with Crippen LogP contribution in [0.3, 0.4) is 0 Å². The number of halogens is 2. The smallest absolute Gasteiger partial charge is 0.320 e. The van der Waals surface area contributed by atoms with E-state index in [1.807, 2.05) is 64.0 Å². The Morgan fingerprint density at radius 2 is 1.69 bits per heavy atom. The first-order valence-corrected chi connectivity index (χ1v) is 15.3. The monoisotopic (exact) mass is 574 g/mol. The lowest BCUT2D eigenvalue weighted by Gasteiger charge is -2.49. The van der Waals surface area contributed by atoms with E-state index >= 15 is 0 Å². The van der Waals surface area contributed by atoms with Gasteiger partial charge in [-0.15, -0.1) is 0 Å². The lowest BCUT2D eigenvalue weighted by atomic mass is 9.69. The fraction of sp³-hybridized carbons (Fsp3) is 0.471. The van der Waals surface area contributed by atoms with Crippen LogP contribution in [0.5, 0.6) is 0 Å². The minimum Gasteiger partial charge on any atom is -0.324 e. The van der Waals surface area contributed by atoms with Crippen LogP contribution in [0, 0.1) is 23.0 Å². The molecule has 2 amide bonds. The number of nitrogens with one attached hydrogen (secondary N) is 1. The van der Waals surface area contributed by atoms with Crippen LogP contribution in [0.4, 0.5) is 13.6 Å². The third-order valence-corrected chi connectivity index (χ3v) is 10.0. The second-order valence-corrected chi connectivity index (χ2v) is 12.5. The van der Waals surface area contributed by atoms with Gasteiger partial charge in [-0.05, 0) is 85.4 Å². The number of carbonyl (C=O) groups excluding carboxylic acids is 1. The number of piperidine rings is 2. The zero-order chi connectivity index (χ0) is 29.3. The lowest BCUT2D eigenvalue weighted by Crippen LogP contribution is -2.56. The highest BCUT2D eigenvalue weighted by Gasteiger charge is 2.47. The van der Waals surface area contributed by atoms with Gasteiger partial charge in [0.05, 0.1) is 6.04 Å². The molecule has 1 N–H and O–H groups in total. The summed E-state index contributed by atoms with van der Waals surface area (Å²) in [7, 11) is 1.89. The van der Waals surface area contributed by atoms with Crippen LogP contribution in [0.25, 0.3) is 11.1 Å². The maximum atomic E-state index is 14.2. The molecule has 6 nitrogen and oxygen atoms in total. The molecule has 1 aromatic heterocycles. The Morgan fingerprint density at radius 1 is 0.952 bits per heavy atom. The molecule has 1 saturated carbocycles. The largest absolute Gasteiger partial charge is 0.324 e. The van der Waals surface area contributed by atoms with E-state index in [1.54, 1.807) is 6.07 Å². The number of pyridine rings is 1. The molecule has 6 rings (SSSR count). The zero-order valence-corrected chi connectivity index (χ0v) is 24.3. The molecule has 3 atom stereocenters. The summed E-state index contributed by atoms with van der Waals surface area (Å²) in [6.45, 7) is 2.44. The molecule has 3 aromatic rings. The number of amides is 2. The summed E-state index contributed by atoms with van der Waals surface area (Å²) in [5.74, 6) is -0.948. The zero-order valence-electron chi connectivity index (χ0n) is 24.3. The predicted molar refractivity (Wildman–Crippen MR) is 160 cm³/mol. The first-order chi connectivity index (χ1) is 20.3. The first-order valence-electron chi connectivity index (χ1n) is 15.3. The van der Waals surface area contributed by atoms with Gasteiger partial charge in [-0.2, -0.15) is 0 Å². The molecule has 2 aromatic carbocycles. The topological polar surface area (TPSA) is 57.6 Å². The van der Waals surface area contributed by atoms with Crippen molar-refractivity contribution in [1.82, 2.24) is 19.7 Å². The lowest BCUT2D eigenvalue weighted by molar-refractivity contribution is 0.0209. The Hall–Kier alpha value is -3.52. The molecule has 8 heteroatoms. The highest BCUT2D eigenvalue weighted by Crippen LogP contribution is 2.49. The minimum atomic E-state index is -0.623. The van der Waals surface area contributed by atoms with Crippen molar-refractivity contribution in [2.45, 2.75) is 63.6 Å². The molecule has 222 valence electrons. The number of urea groups is 1. The fourth-order valence-corrected chi connectivity index (χ4v) is 7.73. The van der Waals surface area contributed by atoms with Gasteiger partial charge < -0.3 is 19.7 Å². The second-order valence-electron chi connectivity index (χ2n) is 12.5. The number of benzene rings is 2. The number of hydrogen-bond acceptors (Lipinski definition) is 3. The van der Waals surface area contributed by atoms with Crippen LogP contribution in [-0.4, -0.2) is 53.1 Å². The summed E-state index contributed by atoms with van der Waals surface area (Å²) < 4.78 is 30.3. The van der Waals surface area contributed by atoms with Crippen LogP contribution < -0.4 is 10.9 Å².